The van der Waals surface area contributed by atoms with Crippen LogP contribution < -0.4 is 0 Å². The summed E-state index contributed by atoms with van der Waals surface area (Å²) in [7, 11) is 0. The Bertz CT molecular complexity index is 413. The summed E-state index contributed by atoms with van der Waals surface area (Å²) < 4.78 is 12.1. The summed E-state index contributed by atoms with van der Waals surface area (Å²) in [6, 6.07) is 0. The quantitative estimate of drug-likeness (QED) is 0.360. The number of carbonyl (C=O) groups is 1. The Morgan fingerprint density at radius 1 is 1.20 bits per heavy atom. The van der Waals surface area contributed by atoms with E-state index in [1.165, 1.54) is 51.0 Å². The zero-order valence-corrected chi connectivity index (χ0v) is 16.3. The van der Waals surface area contributed by atoms with E-state index in [1.807, 2.05) is 11.8 Å². The Morgan fingerprint density at radius 2 is 2.00 bits per heavy atom. The van der Waals surface area contributed by atoms with Crippen LogP contribution in [-0.2, 0) is 14.3 Å². The van der Waals surface area contributed by atoms with Crippen molar-refractivity contribution in [3.8, 4) is 0 Å². The van der Waals surface area contributed by atoms with Crippen molar-refractivity contribution in [2.24, 2.45) is 11.8 Å². The molecule has 0 radical (unpaired) electrons. The van der Waals surface area contributed by atoms with E-state index in [4.69, 9.17) is 14.6 Å². The lowest BCUT2D eigenvalue weighted by molar-refractivity contribution is -0.131. The smallest absolute Gasteiger partial charge is 0.327 e. The molecule has 0 amide bonds. The van der Waals surface area contributed by atoms with Crippen molar-refractivity contribution in [2.75, 3.05) is 24.7 Å². The fourth-order valence-electron chi connectivity index (χ4n) is 4.01. The normalized spacial score (nSPS) is 28.2. The SMILES string of the molecule is CCCCCCOC[C@H]1[C@@H](CCSCCC=CC(=O)O)[C@H]2CC[C@@H]1O2. The second-order valence-corrected chi connectivity index (χ2v) is 8.41. The summed E-state index contributed by atoms with van der Waals surface area (Å²) >= 11 is 1.92. The number of hydrogen-bond acceptors (Lipinski definition) is 4. The first-order valence-electron chi connectivity index (χ1n) is 9.92. The number of carboxylic acids is 1. The van der Waals surface area contributed by atoms with Gasteiger partial charge < -0.3 is 14.6 Å². The minimum atomic E-state index is -0.860. The maximum atomic E-state index is 10.4. The molecule has 2 heterocycles. The van der Waals surface area contributed by atoms with Crippen molar-refractivity contribution in [1.82, 2.24) is 0 Å². The van der Waals surface area contributed by atoms with Gasteiger partial charge in [0.15, 0.2) is 0 Å². The molecule has 4 atom stereocenters. The highest BCUT2D eigenvalue weighted by Crippen LogP contribution is 2.45. The number of allylic oxidation sites excluding steroid dienone is 1. The van der Waals surface area contributed by atoms with Crippen molar-refractivity contribution >= 4 is 17.7 Å². The van der Waals surface area contributed by atoms with E-state index in [1.54, 1.807) is 6.08 Å². The fraction of sp³-hybridized carbons (Fsp3) is 0.850. The molecule has 2 bridgehead atoms. The second-order valence-electron chi connectivity index (χ2n) is 7.18. The van der Waals surface area contributed by atoms with Crippen LogP contribution in [0.2, 0.25) is 0 Å². The molecule has 144 valence electrons. The zero-order valence-electron chi connectivity index (χ0n) is 15.5. The Labute approximate surface area is 156 Å². The third kappa shape index (κ3) is 7.32. The largest absolute Gasteiger partial charge is 0.478 e. The molecule has 5 heteroatoms. The topological polar surface area (TPSA) is 55.8 Å². The summed E-state index contributed by atoms with van der Waals surface area (Å²) in [6.07, 6.45) is 13.3. The molecule has 0 aliphatic carbocycles. The van der Waals surface area contributed by atoms with Crippen molar-refractivity contribution in [3.63, 3.8) is 0 Å². The molecule has 25 heavy (non-hydrogen) atoms. The molecule has 1 N–H and O–H groups in total. The average molecular weight is 371 g/mol. The van der Waals surface area contributed by atoms with E-state index in [-0.39, 0.29) is 0 Å². The highest BCUT2D eigenvalue weighted by atomic mass is 32.2. The third-order valence-electron chi connectivity index (χ3n) is 5.33. The Kier molecular flexibility index (Phi) is 9.96. The molecular weight excluding hydrogens is 336 g/mol. The van der Waals surface area contributed by atoms with Gasteiger partial charge >= 0.3 is 5.97 Å². The predicted molar refractivity (Wildman–Crippen MR) is 103 cm³/mol. The molecule has 0 saturated carbocycles. The molecule has 2 rings (SSSR count). The van der Waals surface area contributed by atoms with Crippen LogP contribution in [0.3, 0.4) is 0 Å². The maximum absolute atomic E-state index is 10.4. The summed E-state index contributed by atoms with van der Waals surface area (Å²) in [5, 5.41) is 8.56. The summed E-state index contributed by atoms with van der Waals surface area (Å²) in [6.45, 7) is 3.99. The van der Waals surface area contributed by atoms with E-state index >= 15 is 0 Å². The molecule has 0 spiro atoms. The molecular formula is C20H34O4S. The molecule has 0 aromatic heterocycles. The predicted octanol–water partition coefficient (Wildman–Crippen LogP) is 4.53. The van der Waals surface area contributed by atoms with Gasteiger partial charge in [-0.05, 0) is 49.5 Å². The van der Waals surface area contributed by atoms with Crippen LogP contribution >= 0.6 is 11.8 Å². The summed E-state index contributed by atoms with van der Waals surface area (Å²) in [5.74, 6) is 2.49. The number of hydrogen-bond donors (Lipinski definition) is 1. The van der Waals surface area contributed by atoms with Crippen molar-refractivity contribution in [3.05, 3.63) is 12.2 Å². The van der Waals surface area contributed by atoms with Crippen LogP contribution in [0.5, 0.6) is 0 Å². The third-order valence-corrected chi connectivity index (χ3v) is 6.38. The molecule has 0 aromatic rings. The van der Waals surface area contributed by atoms with E-state index < -0.39 is 5.97 Å². The number of carboxylic acid groups (broad SMARTS) is 1. The number of fused-ring (bicyclic) bond motifs is 2. The summed E-state index contributed by atoms with van der Waals surface area (Å²) in [5.41, 5.74) is 0. The Morgan fingerprint density at radius 3 is 2.76 bits per heavy atom. The fourth-order valence-corrected chi connectivity index (χ4v) is 4.95. The van der Waals surface area contributed by atoms with Gasteiger partial charge in [0.05, 0.1) is 18.8 Å². The van der Waals surface area contributed by atoms with Gasteiger partial charge in [-0.1, -0.05) is 32.3 Å². The minimum absolute atomic E-state index is 0.425. The first-order chi connectivity index (χ1) is 12.2. The van der Waals surface area contributed by atoms with Gasteiger partial charge in [-0.25, -0.2) is 4.79 Å². The van der Waals surface area contributed by atoms with E-state index in [0.29, 0.717) is 24.0 Å². The minimum Gasteiger partial charge on any atom is -0.478 e. The first kappa shape index (κ1) is 20.8. The second kappa shape index (κ2) is 12.0. The van der Waals surface area contributed by atoms with Gasteiger partial charge in [-0.15, -0.1) is 0 Å². The van der Waals surface area contributed by atoms with Crippen LogP contribution in [0.25, 0.3) is 0 Å². The van der Waals surface area contributed by atoms with Crippen molar-refractivity contribution < 1.29 is 19.4 Å². The lowest BCUT2D eigenvalue weighted by Gasteiger charge is -2.27. The monoisotopic (exact) mass is 370 g/mol. The number of thioether (sulfide) groups is 1. The molecule has 2 aliphatic heterocycles. The zero-order chi connectivity index (χ0) is 17.9. The number of aliphatic carboxylic acids is 1. The van der Waals surface area contributed by atoms with Crippen LogP contribution in [0.4, 0.5) is 0 Å². The standard InChI is InChI=1S/C20H34O4S/c1-2-3-4-6-12-23-15-17-16(18-9-10-19(17)24-18)11-14-25-13-7-5-8-20(21)22/h5,8,16-19H,2-4,6-7,9-15H2,1H3,(H,21,22)/t16-,17+,18-,19+/m1/s1. The molecule has 2 aliphatic rings. The highest BCUT2D eigenvalue weighted by molar-refractivity contribution is 7.99. The Balaban J connectivity index is 1.60. The van der Waals surface area contributed by atoms with Crippen LogP contribution in [0.15, 0.2) is 12.2 Å². The van der Waals surface area contributed by atoms with Crippen LogP contribution in [-0.4, -0.2) is 48.0 Å². The molecule has 0 unspecified atom stereocenters. The summed E-state index contributed by atoms with van der Waals surface area (Å²) in [4.78, 5) is 10.4. The van der Waals surface area contributed by atoms with Crippen LogP contribution in [0, 0.1) is 11.8 Å². The first-order valence-corrected chi connectivity index (χ1v) is 11.1. The van der Waals surface area contributed by atoms with Gasteiger partial charge in [0.2, 0.25) is 0 Å². The lowest BCUT2D eigenvalue weighted by Crippen LogP contribution is -2.31. The van der Waals surface area contributed by atoms with Crippen LogP contribution in [0.1, 0.15) is 58.3 Å². The van der Waals surface area contributed by atoms with E-state index in [2.05, 4.69) is 6.92 Å². The number of ether oxygens (including phenoxy) is 2. The number of rotatable bonds is 14. The maximum Gasteiger partial charge on any atom is 0.327 e. The van der Waals surface area contributed by atoms with Gasteiger partial charge in [0, 0.05) is 18.6 Å². The molecule has 4 nitrogen and oxygen atoms in total. The van der Waals surface area contributed by atoms with Gasteiger partial charge in [-0.3, -0.25) is 0 Å². The van der Waals surface area contributed by atoms with Crippen molar-refractivity contribution in [2.45, 2.75) is 70.5 Å². The molecule has 2 saturated heterocycles. The highest BCUT2D eigenvalue weighted by Gasteiger charge is 2.48. The lowest BCUT2D eigenvalue weighted by atomic mass is 9.78. The molecule has 0 aromatic carbocycles. The van der Waals surface area contributed by atoms with E-state index in [0.717, 1.165) is 31.1 Å². The Hall–Kier alpha value is -0.520. The average Bonchev–Trinajstić information content (AvgIpc) is 3.19. The number of unbranched alkanes of at least 4 members (excludes halogenated alkanes) is 3. The molecule has 2 fully saturated rings. The van der Waals surface area contributed by atoms with Gasteiger partial charge in [0.25, 0.3) is 0 Å². The van der Waals surface area contributed by atoms with Gasteiger partial charge in [-0.2, -0.15) is 11.8 Å². The van der Waals surface area contributed by atoms with E-state index in [9.17, 15) is 4.79 Å². The van der Waals surface area contributed by atoms with Gasteiger partial charge in [0.1, 0.15) is 0 Å². The van der Waals surface area contributed by atoms with Crippen molar-refractivity contribution in [1.29, 1.82) is 0 Å².